The smallest absolute Gasteiger partial charge is 0.164 e. The molecule has 0 spiro atoms. The number of aryl methyl sites for hydroxylation is 1. The monoisotopic (exact) mass is 259 g/mol. The molecule has 1 saturated carbocycles. The molecule has 0 atom stereocenters. The van der Waals surface area contributed by atoms with Crippen LogP contribution >= 0.6 is 0 Å². The van der Waals surface area contributed by atoms with Crippen molar-refractivity contribution in [2.24, 2.45) is 5.41 Å². The number of nitrogens with zero attached hydrogens (tertiary/aromatic N) is 1. The second-order valence-corrected chi connectivity index (χ2v) is 7.19. The summed E-state index contributed by atoms with van der Waals surface area (Å²) >= 11 is 0. The average molecular weight is 259 g/mol. The van der Waals surface area contributed by atoms with Crippen LogP contribution in [0, 0.1) is 12.3 Å². The van der Waals surface area contributed by atoms with Crippen molar-refractivity contribution in [2.75, 3.05) is 0 Å². The molecule has 1 fully saturated rings. The molecule has 2 aliphatic rings. The van der Waals surface area contributed by atoms with Crippen LogP contribution in [0.25, 0.3) is 0 Å². The van der Waals surface area contributed by atoms with Crippen LogP contribution in [0.5, 0.6) is 0 Å². The maximum absolute atomic E-state index is 12.0. The Bertz CT molecular complexity index is 500. The van der Waals surface area contributed by atoms with Crippen LogP contribution in [0.15, 0.2) is 6.07 Å². The number of Topliss-reactive ketones (excluding diaryl/α,β-unsaturated/α-hetero) is 1. The molecule has 0 bridgehead atoms. The number of carbonyl (C=O) groups is 1. The van der Waals surface area contributed by atoms with Crippen LogP contribution in [-0.2, 0) is 6.42 Å². The summed E-state index contributed by atoms with van der Waals surface area (Å²) in [5.74, 6) is 0.360. The molecule has 0 aromatic carbocycles. The largest absolute Gasteiger partial charge is 0.345 e. The fourth-order valence-electron chi connectivity index (χ4n) is 3.90. The lowest BCUT2D eigenvalue weighted by atomic mass is 9.75. The Balaban J connectivity index is 1.91. The van der Waals surface area contributed by atoms with Crippen LogP contribution in [0.1, 0.15) is 80.2 Å². The first-order chi connectivity index (χ1) is 8.98. The predicted octanol–water partition coefficient (Wildman–Crippen LogP) is 4.46. The Kier molecular flexibility index (Phi) is 3.07. The van der Waals surface area contributed by atoms with Crippen LogP contribution in [-0.4, -0.2) is 10.4 Å². The van der Waals surface area contributed by atoms with E-state index in [4.69, 9.17) is 0 Å². The van der Waals surface area contributed by atoms with Crippen molar-refractivity contribution in [3.05, 3.63) is 23.0 Å². The third-order valence-corrected chi connectivity index (χ3v) is 5.13. The van der Waals surface area contributed by atoms with Gasteiger partial charge < -0.3 is 4.57 Å². The SMILES string of the molecule is Cc1cc2c(n1C1CCC(C)(C)CC1)CCCC2=O. The Hall–Kier alpha value is -1.05. The van der Waals surface area contributed by atoms with Crippen molar-refractivity contribution < 1.29 is 4.79 Å². The van der Waals surface area contributed by atoms with Gasteiger partial charge in [-0.25, -0.2) is 0 Å². The van der Waals surface area contributed by atoms with Gasteiger partial charge in [0.25, 0.3) is 0 Å². The van der Waals surface area contributed by atoms with Crippen molar-refractivity contribution in [1.29, 1.82) is 0 Å². The Morgan fingerprint density at radius 3 is 2.58 bits per heavy atom. The molecule has 0 saturated heterocycles. The first-order valence-electron chi connectivity index (χ1n) is 7.72. The molecule has 3 rings (SSSR count). The maximum Gasteiger partial charge on any atom is 0.164 e. The molecule has 19 heavy (non-hydrogen) atoms. The predicted molar refractivity (Wildman–Crippen MR) is 77.7 cm³/mol. The first-order valence-corrected chi connectivity index (χ1v) is 7.72. The van der Waals surface area contributed by atoms with Gasteiger partial charge in [-0.3, -0.25) is 4.79 Å². The van der Waals surface area contributed by atoms with Crippen molar-refractivity contribution in [3.63, 3.8) is 0 Å². The molecule has 104 valence electrons. The van der Waals surface area contributed by atoms with Gasteiger partial charge in [0, 0.05) is 29.4 Å². The Labute approximate surface area is 116 Å². The van der Waals surface area contributed by atoms with Gasteiger partial charge in [0.05, 0.1) is 0 Å². The zero-order valence-electron chi connectivity index (χ0n) is 12.5. The molecule has 0 amide bonds. The van der Waals surface area contributed by atoms with Gasteiger partial charge in [0.15, 0.2) is 5.78 Å². The number of aromatic nitrogens is 1. The van der Waals surface area contributed by atoms with Crippen LogP contribution < -0.4 is 0 Å². The number of fused-ring (bicyclic) bond motifs is 1. The van der Waals surface area contributed by atoms with Gasteiger partial charge in [-0.2, -0.15) is 0 Å². The minimum Gasteiger partial charge on any atom is -0.345 e. The van der Waals surface area contributed by atoms with E-state index in [-0.39, 0.29) is 0 Å². The summed E-state index contributed by atoms with van der Waals surface area (Å²) < 4.78 is 2.50. The lowest BCUT2D eigenvalue weighted by Crippen LogP contribution is -2.25. The normalized spacial score (nSPS) is 23.4. The standard InChI is InChI=1S/C17H25NO/c1-12-11-14-15(5-4-6-16(14)19)18(12)13-7-9-17(2,3)10-8-13/h11,13H,4-10H2,1-3H3. The quantitative estimate of drug-likeness (QED) is 0.730. The molecule has 2 nitrogen and oxygen atoms in total. The van der Waals surface area contributed by atoms with Crippen LogP contribution in [0.3, 0.4) is 0 Å². The number of carbonyl (C=O) groups excluding carboxylic acids is 1. The highest BCUT2D eigenvalue weighted by atomic mass is 16.1. The van der Waals surface area contributed by atoms with E-state index in [1.54, 1.807) is 0 Å². The third kappa shape index (κ3) is 2.26. The van der Waals surface area contributed by atoms with E-state index in [1.807, 2.05) is 0 Å². The molecule has 0 N–H and O–H groups in total. The number of ketones is 1. The number of rotatable bonds is 1. The minimum atomic E-state index is 0.360. The summed E-state index contributed by atoms with van der Waals surface area (Å²) in [6.45, 7) is 6.93. The zero-order chi connectivity index (χ0) is 13.6. The van der Waals surface area contributed by atoms with Crippen LogP contribution in [0.4, 0.5) is 0 Å². The van der Waals surface area contributed by atoms with E-state index in [9.17, 15) is 4.79 Å². The number of hydrogen-bond donors (Lipinski definition) is 0. The Morgan fingerprint density at radius 2 is 1.89 bits per heavy atom. The summed E-state index contributed by atoms with van der Waals surface area (Å²) in [6.07, 6.45) is 8.01. The third-order valence-electron chi connectivity index (χ3n) is 5.13. The molecule has 0 aliphatic heterocycles. The molecule has 1 aromatic heterocycles. The summed E-state index contributed by atoms with van der Waals surface area (Å²) in [4.78, 5) is 12.0. The van der Waals surface area contributed by atoms with Crippen molar-refractivity contribution in [1.82, 2.24) is 4.57 Å². The Morgan fingerprint density at radius 1 is 1.21 bits per heavy atom. The fourth-order valence-corrected chi connectivity index (χ4v) is 3.90. The van der Waals surface area contributed by atoms with E-state index in [0.29, 0.717) is 17.2 Å². The lowest BCUT2D eigenvalue weighted by molar-refractivity contribution is 0.0970. The molecule has 1 heterocycles. The van der Waals surface area contributed by atoms with Gasteiger partial charge in [-0.05, 0) is 56.9 Å². The molecule has 1 aromatic rings. The molecule has 2 aliphatic carbocycles. The van der Waals surface area contributed by atoms with Crippen molar-refractivity contribution >= 4 is 5.78 Å². The average Bonchev–Trinajstić information content (AvgIpc) is 2.68. The topological polar surface area (TPSA) is 22.0 Å². The van der Waals surface area contributed by atoms with Gasteiger partial charge >= 0.3 is 0 Å². The fraction of sp³-hybridized carbons (Fsp3) is 0.706. The molecular formula is C17H25NO. The van der Waals surface area contributed by atoms with Gasteiger partial charge in [0.1, 0.15) is 0 Å². The molecular weight excluding hydrogens is 234 g/mol. The van der Waals surface area contributed by atoms with E-state index in [0.717, 1.165) is 24.8 Å². The summed E-state index contributed by atoms with van der Waals surface area (Å²) in [5, 5.41) is 0. The molecule has 0 unspecified atom stereocenters. The summed E-state index contributed by atoms with van der Waals surface area (Å²) in [6, 6.07) is 2.76. The van der Waals surface area contributed by atoms with Crippen LogP contribution in [0.2, 0.25) is 0 Å². The van der Waals surface area contributed by atoms with Crippen molar-refractivity contribution in [2.45, 2.75) is 71.8 Å². The summed E-state index contributed by atoms with van der Waals surface area (Å²) in [7, 11) is 0. The molecule has 0 radical (unpaired) electrons. The van der Waals surface area contributed by atoms with Gasteiger partial charge in [-0.1, -0.05) is 13.8 Å². The van der Waals surface area contributed by atoms with E-state index >= 15 is 0 Å². The van der Waals surface area contributed by atoms with E-state index < -0.39 is 0 Å². The second kappa shape index (κ2) is 4.50. The van der Waals surface area contributed by atoms with Crippen molar-refractivity contribution in [3.8, 4) is 0 Å². The second-order valence-electron chi connectivity index (χ2n) is 7.19. The highest BCUT2D eigenvalue weighted by Crippen LogP contribution is 2.42. The highest BCUT2D eigenvalue weighted by molar-refractivity contribution is 5.98. The van der Waals surface area contributed by atoms with Gasteiger partial charge in [-0.15, -0.1) is 0 Å². The summed E-state index contributed by atoms with van der Waals surface area (Å²) in [5.41, 5.74) is 4.16. The highest BCUT2D eigenvalue weighted by Gasteiger charge is 2.31. The molecule has 2 heteroatoms. The van der Waals surface area contributed by atoms with Gasteiger partial charge in [0.2, 0.25) is 0 Å². The first kappa shape index (κ1) is 13.0. The zero-order valence-corrected chi connectivity index (χ0v) is 12.5. The minimum absolute atomic E-state index is 0.360. The van der Waals surface area contributed by atoms with E-state index in [1.165, 1.54) is 37.1 Å². The number of hydrogen-bond acceptors (Lipinski definition) is 1. The van der Waals surface area contributed by atoms with E-state index in [2.05, 4.69) is 31.4 Å². The lowest BCUT2D eigenvalue weighted by Gasteiger charge is -2.36. The maximum atomic E-state index is 12.0.